The Bertz CT molecular complexity index is 866. The molecule has 0 fully saturated rings. The van der Waals surface area contributed by atoms with Crippen LogP contribution in [0, 0.1) is 5.41 Å². The molecule has 0 saturated carbocycles. The first-order valence-electron chi connectivity index (χ1n) is 9.30. The lowest BCUT2D eigenvalue weighted by Crippen LogP contribution is -2.40. The van der Waals surface area contributed by atoms with Crippen molar-refractivity contribution in [2.75, 3.05) is 39.7 Å². The molecule has 0 aliphatic carbocycles. The van der Waals surface area contributed by atoms with Crippen LogP contribution in [0.2, 0.25) is 0 Å². The number of ether oxygens (including phenoxy) is 2. The quantitative estimate of drug-likeness (QED) is 0.712. The lowest BCUT2D eigenvalue weighted by atomic mass is 9.93. The Labute approximate surface area is 171 Å². The Hall–Kier alpha value is -3.06. The minimum atomic E-state index is -0.322. The van der Waals surface area contributed by atoms with Gasteiger partial charge in [0.15, 0.2) is 11.5 Å². The van der Waals surface area contributed by atoms with Crippen LogP contribution >= 0.6 is 0 Å². The smallest absolute Gasteiger partial charge is 0.255 e. The van der Waals surface area contributed by atoms with E-state index in [0.717, 1.165) is 0 Å². The number of rotatable bonds is 8. The van der Waals surface area contributed by atoms with Crippen LogP contribution in [0.5, 0.6) is 11.5 Å². The second-order valence-corrected chi connectivity index (χ2v) is 7.60. The molecule has 29 heavy (non-hydrogen) atoms. The largest absolute Gasteiger partial charge is 0.493 e. The first-order valence-corrected chi connectivity index (χ1v) is 9.30. The average molecular weight is 399 g/mol. The fourth-order valence-corrected chi connectivity index (χ4v) is 2.93. The standard InChI is InChI=1S/C22H29N3O4/c1-22(2,13-23)14-25(3)21(27)16-11-18(28-4)19(29-5)12-17(16)24-20(26)15-9-7-6-8-10-15/h6-12H,13-14,23H2,1-5H3,(H,24,26). The molecule has 0 aliphatic heterocycles. The number of nitrogens with zero attached hydrogens (tertiary/aromatic N) is 1. The molecule has 0 aromatic heterocycles. The van der Waals surface area contributed by atoms with Crippen LogP contribution in [0.15, 0.2) is 42.5 Å². The number of nitrogens with one attached hydrogen (secondary N) is 1. The summed E-state index contributed by atoms with van der Waals surface area (Å²) in [5.41, 5.74) is 6.70. The Morgan fingerprint density at radius 1 is 1.07 bits per heavy atom. The zero-order valence-corrected chi connectivity index (χ0v) is 17.6. The van der Waals surface area contributed by atoms with Crippen molar-refractivity contribution in [3.8, 4) is 11.5 Å². The molecule has 3 N–H and O–H groups in total. The molecule has 2 amide bonds. The van der Waals surface area contributed by atoms with E-state index in [2.05, 4.69) is 5.32 Å². The zero-order valence-electron chi connectivity index (χ0n) is 17.6. The number of hydrogen-bond donors (Lipinski definition) is 2. The molecule has 0 unspecified atom stereocenters. The van der Waals surface area contributed by atoms with E-state index >= 15 is 0 Å². The van der Waals surface area contributed by atoms with E-state index in [9.17, 15) is 9.59 Å². The number of carbonyl (C=O) groups is 2. The van der Waals surface area contributed by atoms with Gasteiger partial charge in [-0.3, -0.25) is 9.59 Å². The van der Waals surface area contributed by atoms with Crippen molar-refractivity contribution in [2.24, 2.45) is 11.1 Å². The van der Waals surface area contributed by atoms with E-state index in [4.69, 9.17) is 15.2 Å². The van der Waals surface area contributed by atoms with Crippen LogP contribution in [-0.4, -0.2) is 51.1 Å². The van der Waals surface area contributed by atoms with Crippen molar-refractivity contribution >= 4 is 17.5 Å². The number of methoxy groups -OCH3 is 2. The maximum absolute atomic E-state index is 13.2. The molecule has 2 aromatic carbocycles. The minimum Gasteiger partial charge on any atom is -0.493 e. The highest BCUT2D eigenvalue weighted by molar-refractivity contribution is 6.09. The van der Waals surface area contributed by atoms with Gasteiger partial charge in [0.25, 0.3) is 11.8 Å². The summed E-state index contributed by atoms with van der Waals surface area (Å²) < 4.78 is 10.7. The molecule has 0 saturated heterocycles. The van der Waals surface area contributed by atoms with Gasteiger partial charge in [-0.05, 0) is 30.2 Å². The molecule has 0 spiro atoms. The highest BCUT2D eigenvalue weighted by atomic mass is 16.5. The van der Waals surface area contributed by atoms with Crippen LogP contribution < -0.4 is 20.5 Å². The molecule has 0 atom stereocenters. The molecule has 7 heteroatoms. The predicted octanol–water partition coefficient (Wildman–Crippen LogP) is 3.01. The number of nitrogens with two attached hydrogens (primary N) is 1. The van der Waals surface area contributed by atoms with Crippen molar-refractivity contribution < 1.29 is 19.1 Å². The number of benzene rings is 2. The van der Waals surface area contributed by atoms with Crippen molar-refractivity contribution in [1.82, 2.24) is 4.90 Å². The first kappa shape index (κ1) is 22.2. The molecule has 2 rings (SSSR count). The van der Waals surface area contributed by atoms with Gasteiger partial charge in [0.05, 0.1) is 25.5 Å². The summed E-state index contributed by atoms with van der Waals surface area (Å²) >= 11 is 0. The summed E-state index contributed by atoms with van der Waals surface area (Å²) in [6.07, 6.45) is 0. The fraction of sp³-hybridized carbons (Fsp3) is 0.364. The summed E-state index contributed by atoms with van der Waals surface area (Å²) in [4.78, 5) is 27.4. The minimum absolute atomic E-state index is 0.242. The molecule has 156 valence electrons. The SMILES string of the molecule is COc1cc(NC(=O)c2ccccc2)c(C(=O)N(C)CC(C)(C)CN)cc1OC. The van der Waals surface area contributed by atoms with Crippen LogP contribution in [0.4, 0.5) is 5.69 Å². The monoisotopic (exact) mass is 399 g/mol. The third kappa shape index (κ3) is 5.48. The van der Waals surface area contributed by atoms with Crippen molar-refractivity contribution in [3.05, 3.63) is 53.6 Å². The van der Waals surface area contributed by atoms with E-state index < -0.39 is 0 Å². The number of anilines is 1. The maximum atomic E-state index is 13.2. The van der Waals surface area contributed by atoms with Crippen molar-refractivity contribution in [3.63, 3.8) is 0 Å². The molecule has 7 nitrogen and oxygen atoms in total. The van der Waals surface area contributed by atoms with Crippen LogP contribution in [0.1, 0.15) is 34.6 Å². The van der Waals surface area contributed by atoms with Gasteiger partial charge in [-0.25, -0.2) is 0 Å². The van der Waals surface area contributed by atoms with Gasteiger partial charge in [0, 0.05) is 25.2 Å². The third-order valence-electron chi connectivity index (χ3n) is 4.60. The summed E-state index contributed by atoms with van der Waals surface area (Å²) in [5, 5.41) is 2.82. The van der Waals surface area contributed by atoms with Crippen LogP contribution in [-0.2, 0) is 0 Å². The molecular formula is C22H29N3O4. The highest BCUT2D eigenvalue weighted by Crippen LogP contribution is 2.34. The van der Waals surface area contributed by atoms with Gasteiger partial charge < -0.3 is 25.4 Å². The van der Waals surface area contributed by atoms with E-state index in [1.165, 1.54) is 14.2 Å². The average Bonchev–Trinajstić information content (AvgIpc) is 2.73. The van der Waals surface area contributed by atoms with Crippen molar-refractivity contribution in [2.45, 2.75) is 13.8 Å². The summed E-state index contributed by atoms with van der Waals surface area (Å²) in [6, 6.07) is 12.0. The Morgan fingerprint density at radius 2 is 1.66 bits per heavy atom. The molecule has 0 bridgehead atoms. The Kier molecular flexibility index (Phi) is 7.23. The first-order chi connectivity index (χ1) is 13.7. The summed E-state index contributed by atoms with van der Waals surface area (Å²) in [5.74, 6) is 0.241. The van der Waals surface area contributed by atoms with Gasteiger partial charge in [0.2, 0.25) is 0 Å². The van der Waals surface area contributed by atoms with Gasteiger partial charge in [-0.15, -0.1) is 0 Å². The third-order valence-corrected chi connectivity index (χ3v) is 4.60. The summed E-state index contributed by atoms with van der Waals surface area (Å²) in [7, 11) is 4.70. The van der Waals surface area contributed by atoms with Gasteiger partial charge in [-0.2, -0.15) is 0 Å². The molecule has 0 aliphatic rings. The van der Waals surface area contributed by atoms with E-state index in [1.54, 1.807) is 48.3 Å². The number of carbonyl (C=O) groups excluding carboxylic acids is 2. The van der Waals surface area contributed by atoms with E-state index in [-0.39, 0.29) is 17.2 Å². The van der Waals surface area contributed by atoms with E-state index in [1.807, 2.05) is 19.9 Å². The molecular weight excluding hydrogens is 370 g/mol. The summed E-state index contributed by atoms with van der Waals surface area (Å²) in [6.45, 7) is 4.88. The molecule has 2 aromatic rings. The highest BCUT2D eigenvalue weighted by Gasteiger charge is 2.25. The van der Waals surface area contributed by atoms with Gasteiger partial charge in [0.1, 0.15) is 0 Å². The van der Waals surface area contributed by atoms with Gasteiger partial charge in [-0.1, -0.05) is 32.0 Å². The lowest BCUT2D eigenvalue weighted by Gasteiger charge is -2.29. The second-order valence-electron chi connectivity index (χ2n) is 7.60. The Balaban J connectivity index is 2.43. The van der Waals surface area contributed by atoms with E-state index in [0.29, 0.717) is 41.4 Å². The maximum Gasteiger partial charge on any atom is 0.255 e. The van der Waals surface area contributed by atoms with Crippen molar-refractivity contribution in [1.29, 1.82) is 0 Å². The normalized spacial score (nSPS) is 11.0. The molecule has 0 heterocycles. The predicted molar refractivity (Wildman–Crippen MR) is 114 cm³/mol. The second kappa shape index (κ2) is 9.43. The molecule has 0 radical (unpaired) electrons. The number of hydrogen-bond acceptors (Lipinski definition) is 5. The fourth-order valence-electron chi connectivity index (χ4n) is 2.93. The lowest BCUT2D eigenvalue weighted by molar-refractivity contribution is 0.0741. The van der Waals surface area contributed by atoms with Crippen LogP contribution in [0.25, 0.3) is 0 Å². The topological polar surface area (TPSA) is 93.9 Å². The number of amides is 2. The van der Waals surface area contributed by atoms with Gasteiger partial charge >= 0.3 is 0 Å². The zero-order chi connectivity index (χ0) is 21.6. The van der Waals surface area contributed by atoms with Crippen LogP contribution in [0.3, 0.4) is 0 Å². The Morgan fingerprint density at radius 3 is 2.21 bits per heavy atom.